The summed E-state index contributed by atoms with van der Waals surface area (Å²) in [7, 11) is 1.85. The first-order valence-corrected chi connectivity index (χ1v) is 5.43. The van der Waals surface area contributed by atoms with E-state index in [2.05, 4.69) is 20.4 Å². The van der Waals surface area contributed by atoms with Gasteiger partial charge in [-0.3, -0.25) is 0 Å². The van der Waals surface area contributed by atoms with Gasteiger partial charge in [0.2, 0.25) is 5.82 Å². The number of rotatable bonds is 2. The number of imidazole rings is 1. The molecule has 0 amide bonds. The quantitative estimate of drug-likeness (QED) is 0.739. The highest BCUT2D eigenvalue weighted by molar-refractivity contribution is 5.47. The molecule has 1 fully saturated rings. The molecule has 3 rings (SSSR count). The van der Waals surface area contributed by atoms with Crippen LogP contribution in [-0.2, 0) is 12.6 Å². The molecule has 17 heavy (non-hydrogen) atoms. The van der Waals surface area contributed by atoms with Crippen LogP contribution in [0.2, 0.25) is 0 Å². The molecule has 2 aromatic rings. The normalized spacial score (nSPS) is 24.4. The van der Waals surface area contributed by atoms with Gasteiger partial charge in [-0.25, -0.2) is 4.98 Å². The molecule has 0 bridgehead atoms. The molecule has 1 aliphatic rings. The fourth-order valence-corrected chi connectivity index (χ4v) is 1.95. The number of aliphatic hydroxyl groups is 1. The van der Waals surface area contributed by atoms with Gasteiger partial charge in [-0.15, -0.1) is 0 Å². The maximum Gasteiger partial charge on any atom is 0.260 e. The van der Waals surface area contributed by atoms with E-state index < -0.39 is 5.60 Å². The number of aryl methyl sites for hydroxylation is 1. The zero-order chi connectivity index (χ0) is 11.9. The molecule has 0 aliphatic carbocycles. The number of aromatic nitrogens is 4. The third kappa shape index (κ3) is 1.63. The van der Waals surface area contributed by atoms with Gasteiger partial charge in [-0.1, -0.05) is 5.16 Å². The van der Waals surface area contributed by atoms with Crippen molar-refractivity contribution < 1.29 is 9.63 Å². The van der Waals surface area contributed by atoms with Gasteiger partial charge in [0.05, 0.1) is 12.5 Å². The van der Waals surface area contributed by atoms with Crippen LogP contribution in [0.5, 0.6) is 0 Å². The van der Waals surface area contributed by atoms with Gasteiger partial charge >= 0.3 is 0 Å². The van der Waals surface area contributed by atoms with Gasteiger partial charge in [0.25, 0.3) is 5.89 Å². The highest BCUT2D eigenvalue weighted by atomic mass is 16.5. The Morgan fingerprint density at radius 1 is 1.59 bits per heavy atom. The van der Waals surface area contributed by atoms with Crippen LogP contribution in [0.1, 0.15) is 12.3 Å². The van der Waals surface area contributed by atoms with Crippen molar-refractivity contribution >= 4 is 0 Å². The molecule has 1 unspecified atom stereocenters. The Morgan fingerprint density at radius 3 is 3.12 bits per heavy atom. The highest BCUT2D eigenvalue weighted by Crippen LogP contribution is 2.27. The molecule has 0 radical (unpaired) electrons. The lowest BCUT2D eigenvalue weighted by atomic mass is 10.0. The topological polar surface area (TPSA) is 89.0 Å². The summed E-state index contributed by atoms with van der Waals surface area (Å²) in [6.07, 6.45) is 3.91. The van der Waals surface area contributed by atoms with E-state index in [4.69, 9.17) is 4.52 Å². The van der Waals surface area contributed by atoms with E-state index in [-0.39, 0.29) is 5.89 Å². The van der Waals surface area contributed by atoms with Crippen molar-refractivity contribution in [3.63, 3.8) is 0 Å². The molecule has 2 N–H and O–H groups in total. The van der Waals surface area contributed by atoms with Crippen molar-refractivity contribution in [3.8, 4) is 11.5 Å². The molecular weight excluding hydrogens is 222 g/mol. The predicted molar refractivity (Wildman–Crippen MR) is 57.9 cm³/mol. The monoisotopic (exact) mass is 235 g/mol. The Kier molecular flexibility index (Phi) is 2.23. The van der Waals surface area contributed by atoms with Crippen LogP contribution < -0.4 is 5.32 Å². The molecule has 3 heterocycles. The minimum absolute atomic E-state index is 0.263. The molecule has 1 saturated heterocycles. The molecule has 7 nitrogen and oxygen atoms in total. The zero-order valence-electron chi connectivity index (χ0n) is 9.42. The average Bonchev–Trinajstić information content (AvgIpc) is 2.97. The number of β-amino-alcohol motifs (C(OH)–C–C–N with tert-alkyl or cyclic N) is 1. The highest BCUT2D eigenvalue weighted by Gasteiger charge is 2.38. The van der Waals surface area contributed by atoms with E-state index in [9.17, 15) is 5.11 Å². The smallest absolute Gasteiger partial charge is 0.260 e. The first-order chi connectivity index (χ1) is 8.19. The van der Waals surface area contributed by atoms with Crippen molar-refractivity contribution in [1.29, 1.82) is 0 Å². The second-order valence-electron chi connectivity index (χ2n) is 4.27. The number of hydrogen-bond acceptors (Lipinski definition) is 6. The molecular formula is C10H13N5O2. The summed E-state index contributed by atoms with van der Waals surface area (Å²) in [5, 5.41) is 17.2. The van der Waals surface area contributed by atoms with Crippen LogP contribution in [0.4, 0.5) is 0 Å². The lowest BCUT2D eigenvalue weighted by molar-refractivity contribution is 0.0243. The Bertz CT molecular complexity index is 526. The van der Waals surface area contributed by atoms with E-state index in [1.165, 1.54) is 0 Å². The fourth-order valence-electron chi connectivity index (χ4n) is 1.95. The summed E-state index contributed by atoms with van der Waals surface area (Å²) in [6, 6.07) is 0. The molecule has 1 aliphatic heterocycles. The Morgan fingerprint density at radius 2 is 2.47 bits per heavy atom. The molecule has 7 heteroatoms. The maximum absolute atomic E-state index is 10.3. The van der Waals surface area contributed by atoms with Crippen molar-refractivity contribution in [2.45, 2.75) is 12.0 Å². The molecule has 0 aromatic carbocycles. The number of hydrogen-bond donors (Lipinski definition) is 2. The van der Waals surface area contributed by atoms with E-state index in [1.54, 1.807) is 17.1 Å². The average molecular weight is 235 g/mol. The van der Waals surface area contributed by atoms with Crippen molar-refractivity contribution in [2.24, 2.45) is 7.05 Å². The van der Waals surface area contributed by atoms with Crippen molar-refractivity contribution in [3.05, 3.63) is 18.4 Å². The van der Waals surface area contributed by atoms with Crippen LogP contribution in [0.3, 0.4) is 0 Å². The van der Waals surface area contributed by atoms with Gasteiger partial charge in [0.1, 0.15) is 5.69 Å². The van der Waals surface area contributed by atoms with Gasteiger partial charge in [-0.2, -0.15) is 4.98 Å². The van der Waals surface area contributed by atoms with E-state index in [1.807, 2.05) is 7.05 Å². The molecule has 90 valence electrons. The summed E-state index contributed by atoms with van der Waals surface area (Å²) in [6.45, 7) is 1.19. The SMILES string of the molecule is Cn1cncc1-c1noc(C2(O)CCNC2)n1. The Labute approximate surface area is 97.5 Å². The second kappa shape index (κ2) is 3.64. The molecule has 0 saturated carbocycles. The first kappa shape index (κ1) is 10.4. The van der Waals surface area contributed by atoms with Crippen LogP contribution in [0.25, 0.3) is 11.5 Å². The van der Waals surface area contributed by atoms with E-state index in [0.29, 0.717) is 18.8 Å². The largest absolute Gasteiger partial charge is 0.379 e. The van der Waals surface area contributed by atoms with E-state index >= 15 is 0 Å². The van der Waals surface area contributed by atoms with Crippen LogP contribution in [0, 0.1) is 0 Å². The summed E-state index contributed by atoms with van der Waals surface area (Å²) < 4.78 is 6.94. The van der Waals surface area contributed by atoms with Gasteiger partial charge in [0, 0.05) is 13.6 Å². The van der Waals surface area contributed by atoms with Crippen LogP contribution in [0.15, 0.2) is 17.0 Å². The van der Waals surface area contributed by atoms with Gasteiger partial charge < -0.3 is 19.5 Å². The number of nitrogens with zero attached hydrogens (tertiary/aromatic N) is 4. The molecule has 1 atom stereocenters. The standard InChI is InChI=1S/C10H13N5O2/c1-15-6-12-4-7(15)8-13-9(17-14-8)10(16)2-3-11-5-10/h4,6,11,16H,2-3,5H2,1H3. The van der Waals surface area contributed by atoms with Gasteiger partial charge in [0.15, 0.2) is 5.60 Å². The Balaban J connectivity index is 1.96. The first-order valence-electron chi connectivity index (χ1n) is 5.43. The second-order valence-corrected chi connectivity index (χ2v) is 4.27. The predicted octanol–water partition coefficient (Wildman–Crippen LogP) is -0.349. The summed E-state index contributed by atoms with van der Waals surface area (Å²) in [5.41, 5.74) is -0.279. The molecule has 2 aromatic heterocycles. The van der Waals surface area contributed by atoms with Crippen molar-refractivity contribution in [1.82, 2.24) is 25.0 Å². The third-order valence-corrected chi connectivity index (χ3v) is 3.00. The Hall–Kier alpha value is -1.73. The lowest BCUT2D eigenvalue weighted by Gasteiger charge is -2.14. The van der Waals surface area contributed by atoms with E-state index in [0.717, 1.165) is 12.2 Å². The summed E-state index contributed by atoms with van der Waals surface area (Å²) in [4.78, 5) is 8.23. The van der Waals surface area contributed by atoms with Gasteiger partial charge in [-0.05, 0) is 13.0 Å². The molecule has 0 spiro atoms. The third-order valence-electron chi connectivity index (χ3n) is 3.00. The maximum atomic E-state index is 10.3. The zero-order valence-corrected chi connectivity index (χ0v) is 9.42. The summed E-state index contributed by atoms with van der Waals surface area (Å²) in [5.74, 6) is 0.707. The minimum Gasteiger partial charge on any atom is -0.379 e. The number of nitrogens with one attached hydrogen (secondary N) is 1. The lowest BCUT2D eigenvalue weighted by Crippen LogP contribution is -2.28. The van der Waals surface area contributed by atoms with Crippen LogP contribution >= 0.6 is 0 Å². The minimum atomic E-state index is -1.04. The van der Waals surface area contributed by atoms with Crippen LogP contribution in [-0.4, -0.2) is 37.9 Å². The van der Waals surface area contributed by atoms with Crippen molar-refractivity contribution in [2.75, 3.05) is 13.1 Å². The summed E-state index contributed by atoms with van der Waals surface area (Å²) >= 11 is 0. The fraction of sp³-hybridized carbons (Fsp3) is 0.500.